The van der Waals surface area contributed by atoms with Crippen LogP contribution in [-0.2, 0) is 41.7 Å². The Labute approximate surface area is 176 Å². The molecule has 29 heavy (non-hydrogen) atoms. The largest absolute Gasteiger partial charge is 0.523 e. The van der Waals surface area contributed by atoms with E-state index in [0.717, 1.165) is 6.42 Å². The van der Waals surface area contributed by atoms with Gasteiger partial charge in [-0.3, -0.25) is 0 Å². The smallest absolute Gasteiger partial charge is 0.281 e. The van der Waals surface area contributed by atoms with Gasteiger partial charge in [-0.2, -0.15) is 0 Å². The SMILES string of the molecule is COCCOCCO[Si-](CCCN)(OCCOCCOC)OCCOCCOC. The van der Waals surface area contributed by atoms with Gasteiger partial charge < -0.3 is 47.4 Å². The van der Waals surface area contributed by atoms with Gasteiger partial charge >= 0.3 is 0 Å². The van der Waals surface area contributed by atoms with E-state index in [1.807, 2.05) is 0 Å². The van der Waals surface area contributed by atoms with E-state index in [-0.39, 0.29) is 0 Å². The first-order valence-electron chi connectivity index (χ1n) is 10.1. The van der Waals surface area contributed by atoms with Crippen molar-refractivity contribution >= 4 is 8.80 Å². The molecule has 0 aromatic carbocycles. The first kappa shape index (κ1) is 28.8. The molecular formula is C18H41NO9Si-. The molecule has 2 N–H and O–H groups in total. The van der Waals surface area contributed by atoms with E-state index in [1.54, 1.807) is 21.3 Å². The van der Waals surface area contributed by atoms with Crippen LogP contribution in [0.1, 0.15) is 6.42 Å². The van der Waals surface area contributed by atoms with Crippen molar-refractivity contribution in [3.05, 3.63) is 0 Å². The molecule has 0 heterocycles. The third kappa shape index (κ3) is 18.3. The van der Waals surface area contributed by atoms with Crippen molar-refractivity contribution < 1.29 is 41.7 Å². The molecule has 177 valence electrons. The van der Waals surface area contributed by atoms with Gasteiger partial charge in [-0.25, -0.2) is 0 Å². The van der Waals surface area contributed by atoms with E-state index < -0.39 is 8.80 Å². The van der Waals surface area contributed by atoms with Gasteiger partial charge in [0.2, 0.25) is 0 Å². The molecule has 0 aliphatic rings. The average Bonchev–Trinajstić information content (AvgIpc) is 2.74. The Hall–Kier alpha value is -0.183. The van der Waals surface area contributed by atoms with Crippen molar-refractivity contribution in [1.29, 1.82) is 0 Å². The van der Waals surface area contributed by atoms with Gasteiger partial charge in [-0.1, -0.05) is 12.5 Å². The summed E-state index contributed by atoms with van der Waals surface area (Å²) in [6.07, 6.45) is 0.742. The monoisotopic (exact) mass is 443 g/mol. The maximum atomic E-state index is 6.08. The van der Waals surface area contributed by atoms with Crippen molar-refractivity contribution in [2.24, 2.45) is 5.73 Å². The van der Waals surface area contributed by atoms with E-state index in [2.05, 4.69) is 0 Å². The van der Waals surface area contributed by atoms with Crippen LogP contribution in [0, 0.1) is 0 Å². The van der Waals surface area contributed by atoms with E-state index in [4.69, 9.17) is 47.4 Å². The summed E-state index contributed by atoms with van der Waals surface area (Å²) in [6, 6.07) is 0.623. The molecule has 0 aliphatic carbocycles. The molecule has 0 aliphatic heterocycles. The summed E-state index contributed by atoms with van der Waals surface area (Å²) < 4.78 is 49.5. The molecule has 0 saturated carbocycles. The topological polar surface area (TPSA) is 109 Å². The number of nitrogens with two attached hydrogens (primary N) is 1. The van der Waals surface area contributed by atoms with Crippen LogP contribution in [-0.4, -0.2) is 116 Å². The highest BCUT2D eigenvalue weighted by atomic mass is 28.4. The van der Waals surface area contributed by atoms with E-state index in [0.29, 0.717) is 91.9 Å². The maximum Gasteiger partial charge on any atom is 0.281 e. The van der Waals surface area contributed by atoms with Crippen LogP contribution in [0.4, 0.5) is 0 Å². The minimum Gasteiger partial charge on any atom is -0.523 e. The van der Waals surface area contributed by atoms with Crippen LogP contribution in [0.5, 0.6) is 0 Å². The van der Waals surface area contributed by atoms with Crippen molar-refractivity contribution in [3.63, 3.8) is 0 Å². The summed E-state index contributed by atoms with van der Waals surface area (Å²) in [4.78, 5) is 0. The average molecular weight is 444 g/mol. The summed E-state index contributed by atoms with van der Waals surface area (Å²) in [5.74, 6) is 0. The zero-order valence-electron chi connectivity index (χ0n) is 18.4. The molecule has 0 amide bonds. The van der Waals surface area contributed by atoms with Crippen LogP contribution >= 0.6 is 0 Å². The van der Waals surface area contributed by atoms with Crippen molar-refractivity contribution in [3.8, 4) is 0 Å². The quantitative estimate of drug-likeness (QED) is 0.165. The van der Waals surface area contributed by atoms with Crippen molar-refractivity contribution in [2.45, 2.75) is 12.5 Å². The number of rotatable bonds is 24. The second kappa shape index (κ2) is 22.5. The first-order valence-corrected chi connectivity index (χ1v) is 12.0. The summed E-state index contributed by atoms with van der Waals surface area (Å²) in [6.45, 7) is 6.11. The summed E-state index contributed by atoms with van der Waals surface area (Å²) in [7, 11) is 1.97. The lowest BCUT2D eigenvalue weighted by Crippen LogP contribution is -2.48. The van der Waals surface area contributed by atoms with Gasteiger partial charge in [0.15, 0.2) is 0 Å². The standard InChI is InChI=1S/C18H41NO9Si/c1-20-6-9-23-12-15-26-29(18-4-5-19,27-16-13-24-10-7-21-2)28-17-14-25-11-8-22-3/h4-19H2,1-3H3/q-1. The van der Waals surface area contributed by atoms with E-state index in [1.165, 1.54) is 0 Å². The number of methoxy groups -OCH3 is 3. The molecule has 0 radical (unpaired) electrons. The third-order valence-corrected chi connectivity index (χ3v) is 6.53. The van der Waals surface area contributed by atoms with E-state index >= 15 is 0 Å². The Bertz CT molecular complexity index is 289. The third-order valence-electron chi connectivity index (χ3n) is 3.63. The Kier molecular flexibility index (Phi) is 22.4. The lowest BCUT2D eigenvalue weighted by Gasteiger charge is -2.43. The molecule has 10 nitrogen and oxygen atoms in total. The molecule has 0 fully saturated rings. The zero-order valence-corrected chi connectivity index (χ0v) is 19.4. The summed E-state index contributed by atoms with van der Waals surface area (Å²) >= 11 is 0. The second-order valence-corrected chi connectivity index (χ2v) is 8.67. The summed E-state index contributed by atoms with van der Waals surface area (Å²) in [5, 5.41) is 0. The fraction of sp³-hybridized carbons (Fsp3) is 1.00. The number of hydrogen-bond acceptors (Lipinski definition) is 10. The van der Waals surface area contributed by atoms with Gasteiger partial charge in [-0.15, -0.1) is 0 Å². The van der Waals surface area contributed by atoms with Gasteiger partial charge in [0.25, 0.3) is 8.80 Å². The van der Waals surface area contributed by atoms with Crippen LogP contribution in [0.25, 0.3) is 0 Å². The predicted molar refractivity (Wildman–Crippen MR) is 110 cm³/mol. The highest BCUT2D eigenvalue weighted by molar-refractivity contribution is 6.60. The fourth-order valence-electron chi connectivity index (χ4n) is 2.16. The number of ether oxygens (including phenoxy) is 6. The molecule has 0 saturated heterocycles. The Morgan fingerprint density at radius 2 is 0.862 bits per heavy atom. The van der Waals surface area contributed by atoms with Gasteiger partial charge in [0, 0.05) is 41.2 Å². The van der Waals surface area contributed by atoms with Crippen LogP contribution in [0.15, 0.2) is 0 Å². The molecule has 0 unspecified atom stereocenters. The van der Waals surface area contributed by atoms with Crippen LogP contribution < -0.4 is 5.73 Å². The maximum absolute atomic E-state index is 6.08. The minimum atomic E-state index is -2.94. The van der Waals surface area contributed by atoms with Crippen molar-refractivity contribution in [2.75, 3.05) is 107 Å². The van der Waals surface area contributed by atoms with Crippen molar-refractivity contribution in [1.82, 2.24) is 0 Å². The lowest BCUT2D eigenvalue weighted by atomic mass is 10.5. The normalized spacial score (nSPS) is 12.0. The molecular weight excluding hydrogens is 402 g/mol. The second-order valence-electron chi connectivity index (χ2n) is 5.94. The van der Waals surface area contributed by atoms with Gasteiger partial charge in [0.05, 0.1) is 59.5 Å². The lowest BCUT2D eigenvalue weighted by molar-refractivity contribution is -0.0111. The van der Waals surface area contributed by atoms with Crippen LogP contribution in [0.3, 0.4) is 0 Å². The predicted octanol–water partition coefficient (Wildman–Crippen LogP) is 0.313. The van der Waals surface area contributed by atoms with Gasteiger partial charge in [0.1, 0.15) is 0 Å². The molecule has 0 atom stereocenters. The minimum absolute atomic E-state index is 0.371. The Morgan fingerprint density at radius 3 is 1.17 bits per heavy atom. The first-order chi connectivity index (χ1) is 14.2. The molecule has 0 aromatic heterocycles. The Morgan fingerprint density at radius 1 is 0.517 bits per heavy atom. The zero-order chi connectivity index (χ0) is 21.5. The van der Waals surface area contributed by atoms with Gasteiger partial charge in [-0.05, 0) is 6.54 Å². The fourth-order valence-corrected chi connectivity index (χ4v) is 4.66. The number of hydrogen-bond donors (Lipinski definition) is 1. The molecule has 11 heteroatoms. The van der Waals surface area contributed by atoms with Crippen LogP contribution in [0.2, 0.25) is 6.04 Å². The molecule has 0 rings (SSSR count). The highest BCUT2D eigenvalue weighted by Gasteiger charge is 2.25. The molecule has 0 aromatic rings. The van der Waals surface area contributed by atoms with E-state index in [9.17, 15) is 0 Å². The Balaban J connectivity index is 4.52. The molecule has 0 spiro atoms. The summed E-state index contributed by atoms with van der Waals surface area (Å²) in [5.41, 5.74) is 5.70. The molecule has 0 bridgehead atoms. The highest BCUT2D eigenvalue weighted by Crippen LogP contribution is 2.18.